The first kappa shape index (κ1) is 10.1. The van der Waals surface area contributed by atoms with Gasteiger partial charge in [-0.25, -0.2) is 9.69 Å². The summed E-state index contributed by atoms with van der Waals surface area (Å²) in [5.74, 6) is 0. The van der Waals surface area contributed by atoms with Gasteiger partial charge in [0.05, 0.1) is 0 Å². The lowest BCUT2D eigenvalue weighted by Crippen LogP contribution is -2.27. The molecule has 0 aliphatic rings. The molecule has 0 heterocycles. The predicted molar refractivity (Wildman–Crippen MR) is 53.6 cm³/mol. The van der Waals surface area contributed by atoms with E-state index in [9.17, 15) is 4.79 Å². The summed E-state index contributed by atoms with van der Waals surface area (Å²) in [6.45, 7) is 1.89. The van der Waals surface area contributed by atoms with Crippen LogP contribution in [0, 0.1) is 18.4 Å². The van der Waals surface area contributed by atoms with E-state index in [-0.39, 0.29) is 0 Å². The Morgan fingerprint density at radius 2 is 2.14 bits per heavy atom. The molecule has 72 valence electrons. The van der Waals surface area contributed by atoms with Crippen LogP contribution in [0.25, 0.3) is 0 Å². The molecule has 0 fully saturated rings. The highest BCUT2D eigenvalue weighted by Crippen LogP contribution is 2.13. The molecule has 1 aromatic rings. The van der Waals surface area contributed by atoms with Gasteiger partial charge in [0.2, 0.25) is 0 Å². The fraction of sp³-hybridized carbons (Fsp3) is 0.200. The van der Waals surface area contributed by atoms with Gasteiger partial charge >= 0.3 is 6.03 Å². The highest BCUT2D eigenvalue weighted by atomic mass is 16.2. The lowest BCUT2D eigenvalue weighted by molar-refractivity contribution is 0.237. The van der Waals surface area contributed by atoms with Gasteiger partial charge in [0, 0.05) is 12.7 Å². The minimum Gasteiger partial charge on any atom is -0.307 e. The topological polar surface area (TPSA) is 56.1 Å². The zero-order valence-corrected chi connectivity index (χ0v) is 8.11. The predicted octanol–water partition coefficient (Wildman–Crippen LogP) is 1.94. The first-order valence-corrected chi connectivity index (χ1v) is 4.15. The van der Waals surface area contributed by atoms with Crippen molar-refractivity contribution in [2.45, 2.75) is 6.92 Å². The molecule has 14 heavy (non-hydrogen) atoms. The fourth-order valence-corrected chi connectivity index (χ4v) is 0.958. The van der Waals surface area contributed by atoms with Crippen molar-refractivity contribution in [2.75, 3.05) is 12.4 Å². The summed E-state index contributed by atoms with van der Waals surface area (Å²) in [6.07, 6.45) is 1.73. The molecular weight excluding hydrogens is 178 g/mol. The second kappa shape index (κ2) is 4.28. The van der Waals surface area contributed by atoms with Gasteiger partial charge in [-0.3, -0.25) is 0 Å². The molecule has 1 rings (SSSR count). The van der Waals surface area contributed by atoms with E-state index in [4.69, 9.17) is 5.26 Å². The largest absolute Gasteiger partial charge is 0.334 e. The zero-order valence-electron chi connectivity index (χ0n) is 8.11. The minimum absolute atomic E-state index is 0.429. The van der Waals surface area contributed by atoms with E-state index >= 15 is 0 Å². The molecule has 0 saturated carbocycles. The van der Waals surface area contributed by atoms with Gasteiger partial charge in [0.25, 0.3) is 0 Å². The number of nitriles is 1. The van der Waals surface area contributed by atoms with Crippen LogP contribution in [0.15, 0.2) is 24.3 Å². The van der Waals surface area contributed by atoms with Crippen LogP contribution in [0.3, 0.4) is 0 Å². The van der Waals surface area contributed by atoms with Crippen LogP contribution < -0.4 is 5.32 Å². The van der Waals surface area contributed by atoms with Gasteiger partial charge in [-0.15, -0.1) is 0 Å². The quantitative estimate of drug-likeness (QED) is 0.542. The number of carbonyl (C=O) groups is 1. The van der Waals surface area contributed by atoms with Gasteiger partial charge in [-0.05, 0) is 18.6 Å². The number of nitrogens with zero attached hydrogens (tertiary/aromatic N) is 2. The smallest absolute Gasteiger partial charge is 0.307 e. The van der Waals surface area contributed by atoms with Gasteiger partial charge in [-0.2, -0.15) is 5.26 Å². The highest BCUT2D eigenvalue weighted by Gasteiger charge is 2.07. The van der Waals surface area contributed by atoms with Gasteiger partial charge in [0.1, 0.15) is 0 Å². The molecule has 1 N–H and O–H groups in total. The molecule has 1 aromatic carbocycles. The number of benzene rings is 1. The maximum Gasteiger partial charge on any atom is 0.334 e. The van der Waals surface area contributed by atoms with Crippen LogP contribution in [0.1, 0.15) is 5.56 Å². The van der Waals surface area contributed by atoms with Crippen molar-refractivity contribution in [1.29, 1.82) is 5.26 Å². The van der Waals surface area contributed by atoms with Crippen LogP contribution in [-0.4, -0.2) is 18.0 Å². The third-order valence-corrected chi connectivity index (χ3v) is 1.84. The Hall–Kier alpha value is -2.02. The summed E-state index contributed by atoms with van der Waals surface area (Å²) in [4.78, 5) is 12.2. The molecule has 0 atom stereocenters. The average molecular weight is 189 g/mol. The number of nitrogens with one attached hydrogen (secondary N) is 1. The number of anilines is 1. The number of para-hydroxylation sites is 1. The summed E-state index contributed by atoms with van der Waals surface area (Å²) in [7, 11) is 1.41. The Kier molecular flexibility index (Phi) is 3.08. The molecular formula is C10H11N3O. The van der Waals surface area contributed by atoms with E-state index in [1.54, 1.807) is 12.3 Å². The van der Waals surface area contributed by atoms with E-state index in [1.165, 1.54) is 7.05 Å². The van der Waals surface area contributed by atoms with Crippen LogP contribution in [0.4, 0.5) is 10.5 Å². The van der Waals surface area contributed by atoms with E-state index in [0.29, 0.717) is 0 Å². The Bertz CT molecular complexity index is 381. The molecule has 0 radical (unpaired) electrons. The molecule has 0 aromatic heterocycles. The SMILES string of the molecule is Cc1ccccc1NC(=O)N(C)C#N. The summed E-state index contributed by atoms with van der Waals surface area (Å²) in [6, 6.07) is 6.97. The molecule has 0 saturated heterocycles. The number of hydrogen-bond acceptors (Lipinski definition) is 2. The van der Waals surface area contributed by atoms with Gasteiger partial charge in [0.15, 0.2) is 6.19 Å². The van der Waals surface area contributed by atoms with Crippen molar-refractivity contribution in [3.8, 4) is 6.19 Å². The van der Waals surface area contributed by atoms with Crippen LogP contribution in [0.2, 0.25) is 0 Å². The number of hydrogen-bond donors (Lipinski definition) is 1. The molecule has 0 unspecified atom stereocenters. The Labute approximate surface area is 82.8 Å². The first-order valence-electron chi connectivity index (χ1n) is 4.15. The normalized spacial score (nSPS) is 8.93. The van der Waals surface area contributed by atoms with E-state index in [0.717, 1.165) is 16.2 Å². The summed E-state index contributed by atoms with van der Waals surface area (Å²) in [5, 5.41) is 11.1. The van der Waals surface area contributed by atoms with Gasteiger partial charge < -0.3 is 5.32 Å². The number of rotatable bonds is 1. The first-order chi connectivity index (χ1) is 6.65. The van der Waals surface area contributed by atoms with E-state index < -0.39 is 6.03 Å². The second-order valence-corrected chi connectivity index (χ2v) is 2.90. The summed E-state index contributed by atoms with van der Waals surface area (Å²) < 4.78 is 0. The van der Waals surface area contributed by atoms with E-state index in [1.807, 2.05) is 25.1 Å². The molecule has 0 bridgehead atoms. The zero-order chi connectivity index (χ0) is 10.6. The van der Waals surface area contributed by atoms with Crippen LogP contribution in [-0.2, 0) is 0 Å². The summed E-state index contributed by atoms with van der Waals surface area (Å²) >= 11 is 0. The monoisotopic (exact) mass is 189 g/mol. The van der Waals surface area contributed by atoms with Crippen molar-refractivity contribution in [2.24, 2.45) is 0 Å². The van der Waals surface area contributed by atoms with E-state index in [2.05, 4.69) is 5.32 Å². The fourth-order valence-electron chi connectivity index (χ4n) is 0.958. The Balaban J connectivity index is 2.76. The average Bonchev–Trinajstić information content (AvgIpc) is 2.20. The molecule has 4 nitrogen and oxygen atoms in total. The van der Waals surface area contributed by atoms with Crippen molar-refractivity contribution in [3.05, 3.63) is 29.8 Å². The van der Waals surface area contributed by atoms with Gasteiger partial charge in [-0.1, -0.05) is 18.2 Å². The number of aryl methyl sites for hydroxylation is 1. The second-order valence-electron chi connectivity index (χ2n) is 2.90. The maximum atomic E-state index is 11.3. The molecule has 2 amide bonds. The minimum atomic E-state index is -0.429. The number of carbonyl (C=O) groups excluding carboxylic acids is 1. The van der Waals surface area contributed by atoms with Crippen molar-refractivity contribution in [3.63, 3.8) is 0 Å². The molecule has 0 aliphatic heterocycles. The number of amides is 2. The third-order valence-electron chi connectivity index (χ3n) is 1.84. The lowest BCUT2D eigenvalue weighted by Gasteiger charge is -2.10. The Morgan fingerprint density at radius 1 is 1.50 bits per heavy atom. The summed E-state index contributed by atoms with van der Waals surface area (Å²) in [5.41, 5.74) is 1.69. The van der Waals surface area contributed by atoms with Crippen LogP contribution >= 0.6 is 0 Å². The van der Waals surface area contributed by atoms with Crippen molar-refractivity contribution >= 4 is 11.7 Å². The molecule has 0 aliphatic carbocycles. The number of urea groups is 1. The standard InChI is InChI=1S/C10H11N3O/c1-8-5-3-4-6-9(8)12-10(14)13(2)7-11/h3-6H,1-2H3,(H,12,14). The Morgan fingerprint density at radius 3 is 2.71 bits per heavy atom. The highest BCUT2D eigenvalue weighted by molar-refractivity contribution is 5.90. The van der Waals surface area contributed by atoms with Crippen molar-refractivity contribution in [1.82, 2.24) is 4.90 Å². The van der Waals surface area contributed by atoms with Crippen LogP contribution in [0.5, 0.6) is 0 Å². The molecule has 0 spiro atoms. The third kappa shape index (κ3) is 2.23. The van der Waals surface area contributed by atoms with Crippen molar-refractivity contribution < 1.29 is 4.79 Å². The lowest BCUT2D eigenvalue weighted by atomic mass is 10.2. The maximum absolute atomic E-state index is 11.3. The molecule has 4 heteroatoms.